The standard InChI is InChI=1S/C11H16N2O3S3/c12-11(17)9-3-4-10(18-9)19(15,16)13-5-1-2-8(6-13)7-14/h3-4,8,14H,1-2,5-7H2,(H2,12,17). The summed E-state index contributed by atoms with van der Waals surface area (Å²) in [5.41, 5.74) is 5.49. The van der Waals surface area contributed by atoms with Crippen LogP contribution in [0, 0.1) is 5.92 Å². The van der Waals surface area contributed by atoms with Crippen LogP contribution in [0.2, 0.25) is 0 Å². The second-order valence-corrected chi connectivity index (χ2v) is 8.23. The number of piperidine rings is 1. The highest BCUT2D eigenvalue weighted by Gasteiger charge is 2.31. The lowest BCUT2D eigenvalue weighted by Gasteiger charge is -2.30. The van der Waals surface area contributed by atoms with Crippen molar-refractivity contribution in [3.8, 4) is 0 Å². The smallest absolute Gasteiger partial charge is 0.252 e. The van der Waals surface area contributed by atoms with E-state index < -0.39 is 10.0 Å². The van der Waals surface area contributed by atoms with Crippen LogP contribution in [0.4, 0.5) is 0 Å². The molecule has 2 heterocycles. The summed E-state index contributed by atoms with van der Waals surface area (Å²) in [4.78, 5) is 0.808. The Hall–Kier alpha value is -0.540. The zero-order chi connectivity index (χ0) is 14.0. The van der Waals surface area contributed by atoms with Gasteiger partial charge in [-0.3, -0.25) is 0 Å². The molecule has 0 aliphatic carbocycles. The quantitative estimate of drug-likeness (QED) is 0.801. The molecule has 0 spiro atoms. The molecule has 1 unspecified atom stereocenters. The van der Waals surface area contributed by atoms with E-state index in [4.69, 9.17) is 23.1 Å². The second-order valence-electron chi connectivity index (χ2n) is 4.54. The SMILES string of the molecule is NC(=S)c1ccc(S(=O)(=O)N2CCCC(CO)C2)s1. The molecule has 19 heavy (non-hydrogen) atoms. The Morgan fingerprint density at radius 3 is 2.89 bits per heavy atom. The molecule has 1 saturated heterocycles. The number of hydrogen-bond acceptors (Lipinski definition) is 5. The van der Waals surface area contributed by atoms with Gasteiger partial charge in [0.05, 0.1) is 4.88 Å². The van der Waals surface area contributed by atoms with Crippen LogP contribution in [0.1, 0.15) is 17.7 Å². The van der Waals surface area contributed by atoms with Gasteiger partial charge in [-0.1, -0.05) is 12.2 Å². The van der Waals surface area contributed by atoms with Gasteiger partial charge in [0.25, 0.3) is 10.0 Å². The average Bonchev–Trinajstić information content (AvgIpc) is 2.89. The number of sulfonamides is 1. The maximum Gasteiger partial charge on any atom is 0.252 e. The number of aliphatic hydroxyl groups excluding tert-OH is 1. The molecule has 0 radical (unpaired) electrons. The first kappa shape index (κ1) is 14.9. The van der Waals surface area contributed by atoms with Crippen molar-refractivity contribution in [1.82, 2.24) is 4.31 Å². The van der Waals surface area contributed by atoms with E-state index in [1.807, 2.05) is 0 Å². The first-order chi connectivity index (χ1) is 8.95. The number of thiophene rings is 1. The van der Waals surface area contributed by atoms with Crippen LogP contribution < -0.4 is 5.73 Å². The molecule has 0 saturated carbocycles. The fourth-order valence-corrected chi connectivity index (χ4v) is 5.17. The Bertz CT molecular complexity index is 567. The third-order valence-corrected chi connectivity index (χ3v) is 6.96. The van der Waals surface area contributed by atoms with Crippen LogP contribution in [0.15, 0.2) is 16.3 Å². The van der Waals surface area contributed by atoms with Crippen LogP contribution >= 0.6 is 23.6 Å². The van der Waals surface area contributed by atoms with E-state index in [9.17, 15) is 8.42 Å². The van der Waals surface area contributed by atoms with Gasteiger partial charge in [0.15, 0.2) is 0 Å². The fraction of sp³-hybridized carbons (Fsp3) is 0.545. The molecule has 0 aromatic carbocycles. The number of nitrogens with zero attached hydrogens (tertiary/aromatic N) is 1. The summed E-state index contributed by atoms with van der Waals surface area (Å²) in [6, 6.07) is 3.17. The minimum absolute atomic E-state index is 0.0224. The van der Waals surface area contributed by atoms with Crippen LogP contribution in [0.25, 0.3) is 0 Å². The molecule has 0 amide bonds. The maximum atomic E-state index is 12.5. The lowest BCUT2D eigenvalue weighted by atomic mass is 10.0. The van der Waals surface area contributed by atoms with E-state index in [1.165, 1.54) is 10.4 Å². The minimum Gasteiger partial charge on any atom is -0.396 e. The summed E-state index contributed by atoms with van der Waals surface area (Å²) in [6.45, 7) is 0.896. The zero-order valence-corrected chi connectivity index (χ0v) is 12.7. The van der Waals surface area contributed by atoms with E-state index in [-0.39, 0.29) is 21.7 Å². The summed E-state index contributed by atoms with van der Waals surface area (Å²) in [5.74, 6) is 0.0264. The average molecular weight is 320 g/mol. The number of aliphatic hydroxyl groups is 1. The minimum atomic E-state index is -3.49. The number of hydrogen-bond donors (Lipinski definition) is 2. The summed E-state index contributed by atoms with van der Waals surface area (Å²) in [5, 5.41) is 9.17. The molecule has 1 aliphatic heterocycles. The van der Waals surface area contributed by atoms with Crippen molar-refractivity contribution in [1.29, 1.82) is 0 Å². The van der Waals surface area contributed by atoms with Crippen molar-refractivity contribution in [2.45, 2.75) is 17.1 Å². The van der Waals surface area contributed by atoms with Gasteiger partial charge >= 0.3 is 0 Å². The zero-order valence-electron chi connectivity index (χ0n) is 10.3. The monoisotopic (exact) mass is 320 g/mol. The Balaban J connectivity index is 2.23. The van der Waals surface area contributed by atoms with Gasteiger partial charge in [0.2, 0.25) is 0 Å². The molecule has 0 bridgehead atoms. The number of nitrogens with two attached hydrogens (primary N) is 1. The predicted molar refractivity (Wildman–Crippen MR) is 78.8 cm³/mol. The molecule has 2 rings (SSSR count). The molecule has 106 valence electrons. The van der Waals surface area contributed by atoms with Gasteiger partial charge in [-0.2, -0.15) is 4.31 Å². The second kappa shape index (κ2) is 5.84. The van der Waals surface area contributed by atoms with Gasteiger partial charge in [-0.05, 0) is 30.9 Å². The first-order valence-electron chi connectivity index (χ1n) is 5.96. The molecular weight excluding hydrogens is 304 g/mol. The molecule has 5 nitrogen and oxygen atoms in total. The number of rotatable bonds is 4. The normalized spacial score (nSPS) is 21.4. The van der Waals surface area contributed by atoms with E-state index >= 15 is 0 Å². The van der Waals surface area contributed by atoms with Crippen LogP contribution in [-0.2, 0) is 10.0 Å². The van der Waals surface area contributed by atoms with Crippen molar-refractivity contribution in [3.63, 3.8) is 0 Å². The summed E-state index contributed by atoms with van der Waals surface area (Å²) < 4.78 is 26.6. The molecule has 1 aromatic rings. The van der Waals surface area contributed by atoms with Gasteiger partial charge in [0.1, 0.15) is 9.20 Å². The Kier molecular flexibility index (Phi) is 4.57. The number of thiocarbonyl (C=S) groups is 1. The lowest BCUT2D eigenvalue weighted by molar-refractivity contribution is 0.165. The molecule has 1 atom stereocenters. The van der Waals surface area contributed by atoms with Crippen molar-refractivity contribution in [2.75, 3.05) is 19.7 Å². The van der Waals surface area contributed by atoms with Crippen molar-refractivity contribution >= 4 is 38.6 Å². The highest BCUT2D eigenvalue weighted by molar-refractivity contribution is 7.91. The van der Waals surface area contributed by atoms with Gasteiger partial charge in [-0.15, -0.1) is 11.3 Å². The Labute approximate surface area is 122 Å². The summed E-state index contributed by atoms with van der Waals surface area (Å²) in [6.07, 6.45) is 1.64. The lowest BCUT2D eigenvalue weighted by Crippen LogP contribution is -2.40. The molecule has 8 heteroatoms. The first-order valence-corrected chi connectivity index (χ1v) is 8.62. The van der Waals surface area contributed by atoms with Crippen molar-refractivity contribution in [3.05, 3.63) is 17.0 Å². The van der Waals surface area contributed by atoms with E-state index in [0.717, 1.165) is 24.2 Å². The maximum absolute atomic E-state index is 12.5. The Morgan fingerprint density at radius 2 is 2.32 bits per heavy atom. The van der Waals surface area contributed by atoms with Crippen LogP contribution in [-0.4, -0.2) is 42.5 Å². The van der Waals surface area contributed by atoms with Crippen LogP contribution in [0.5, 0.6) is 0 Å². The Morgan fingerprint density at radius 1 is 1.58 bits per heavy atom. The van der Waals surface area contributed by atoms with E-state index in [0.29, 0.717) is 18.0 Å². The van der Waals surface area contributed by atoms with E-state index in [1.54, 1.807) is 6.07 Å². The van der Waals surface area contributed by atoms with Crippen molar-refractivity contribution in [2.24, 2.45) is 11.7 Å². The van der Waals surface area contributed by atoms with Gasteiger partial charge < -0.3 is 10.8 Å². The third kappa shape index (κ3) is 3.14. The van der Waals surface area contributed by atoms with Crippen molar-refractivity contribution < 1.29 is 13.5 Å². The third-order valence-electron chi connectivity index (χ3n) is 3.16. The molecular formula is C11H16N2O3S3. The molecule has 3 N–H and O–H groups in total. The van der Waals surface area contributed by atoms with Crippen LogP contribution in [0.3, 0.4) is 0 Å². The molecule has 1 aliphatic rings. The molecule has 1 aromatic heterocycles. The molecule has 1 fully saturated rings. The largest absolute Gasteiger partial charge is 0.396 e. The predicted octanol–water partition coefficient (Wildman–Crippen LogP) is 0.775. The van der Waals surface area contributed by atoms with Gasteiger partial charge in [0, 0.05) is 19.7 Å². The topological polar surface area (TPSA) is 83.6 Å². The summed E-state index contributed by atoms with van der Waals surface area (Å²) >= 11 is 5.93. The fourth-order valence-electron chi connectivity index (χ4n) is 2.11. The highest BCUT2D eigenvalue weighted by Crippen LogP contribution is 2.28. The highest BCUT2D eigenvalue weighted by atomic mass is 32.2. The summed E-state index contributed by atoms with van der Waals surface area (Å²) in [7, 11) is -3.49. The van der Waals surface area contributed by atoms with Gasteiger partial charge in [-0.25, -0.2) is 8.42 Å². The van der Waals surface area contributed by atoms with E-state index in [2.05, 4.69) is 0 Å².